The minimum absolute atomic E-state index is 0.0253. The molecule has 2 aromatic rings. The summed E-state index contributed by atoms with van der Waals surface area (Å²) in [6.45, 7) is 6.11. The highest BCUT2D eigenvalue weighted by molar-refractivity contribution is 6.30. The van der Waals surface area contributed by atoms with Gasteiger partial charge in [0.15, 0.2) is 0 Å². The number of amides is 2. The van der Waals surface area contributed by atoms with Crippen molar-refractivity contribution in [2.45, 2.75) is 38.9 Å². The van der Waals surface area contributed by atoms with Crippen molar-refractivity contribution in [1.29, 1.82) is 0 Å². The summed E-state index contributed by atoms with van der Waals surface area (Å²) in [5.41, 5.74) is 1.47. The van der Waals surface area contributed by atoms with Crippen molar-refractivity contribution in [3.8, 4) is 0 Å². The molecule has 0 spiro atoms. The van der Waals surface area contributed by atoms with E-state index in [1.54, 1.807) is 41.3 Å². The van der Waals surface area contributed by atoms with E-state index in [0.717, 1.165) is 6.42 Å². The van der Waals surface area contributed by atoms with E-state index in [2.05, 4.69) is 5.32 Å². The number of piperidine rings is 1. The Labute approximate surface area is 198 Å². The zero-order chi connectivity index (χ0) is 23.5. The van der Waals surface area contributed by atoms with E-state index in [1.807, 2.05) is 18.7 Å². The molecule has 2 fully saturated rings. The molecule has 0 aliphatic carbocycles. The summed E-state index contributed by atoms with van der Waals surface area (Å²) in [7, 11) is 0. The average molecular weight is 474 g/mol. The molecule has 1 N–H and O–H groups in total. The first-order valence-electron chi connectivity index (χ1n) is 11.4. The number of hydrogen-bond donors (Lipinski definition) is 1. The highest BCUT2D eigenvalue weighted by atomic mass is 35.5. The zero-order valence-corrected chi connectivity index (χ0v) is 19.6. The van der Waals surface area contributed by atoms with Gasteiger partial charge in [-0.15, -0.1) is 0 Å². The summed E-state index contributed by atoms with van der Waals surface area (Å²) < 4.78 is 20.6. The fourth-order valence-corrected chi connectivity index (χ4v) is 4.74. The van der Waals surface area contributed by atoms with Gasteiger partial charge in [-0.1, -0.05) is 11.6 Å². The van der Waals surface area contributed by atoms with Crippen LogP contribution in [0.3, 0.4) is 0 Å². The maximum absolute atomic E-state index is 14.9. The van der Waals surface area contributed by atoms with Gasteiger partial charge in [0.1, 0.15) is 5.82 Å². The van der Waals surface area contributed by atoms with Gasteiger partial charge >= 0.3 is 0 Å². The molecular formula is C25H29ClFN3O3. The van der Waals surface area contributed by atoms with Crippen LogP contribution in [-0.2, 0) is 9.53 Å². The summed E-state index contributed by atoms with van der Waals surface area (Å²) in [5, 5.41) is 3.40. The number of carbonyl (C=O) groups excluding carboxylic acids is 2. The summed E-state index contributed by atoms with van der Waals surface area (Å²) in [4.78, 5) is 29.4. The lowest BCUT2D eigenvalue weighted by Gasteiger charge is -2.37. The van der Waals surface area contributed by atoms with Crippen molar-refractivity contribution in [3.63, 3.8) is 0 Å². The van der Waals surface area contributed by atoms with Gasteiger partial charge in [-0.2, -0.15) is 0 Å². The summed E-state index contributed by atoms with van der Waals surface area (Å²) in [6, 6.07) is 11.5. The zero-order valence-electron chi connectivity index (χ0n) is 18.9. The third-order valence-electron chi connectivity index (χ3n) is 6.15. The largest absolute Gasteiger partial charge is 0.372 e. The molecule has 2 amide bonds. The predicted octanol–water partition coefficient (Wildman–Crippen LogP) is 4.58. The third kappa shape index (κ3) is 5.65. The molecule has 2 heterocycles. The molecule has 0 bridgehead atoms. The Bertz CT molecular complexity index is 1010. The Morgan fingerprint density at radius 2 is 1.76 bits per heavy atom. The minimum Gasteiger partial charge on any atom is -0.372 e. The Kier molecular flexibility index (Phi) is 7.20. The molecule has 3 unspecified atom stereocenters. The normalized spacial score (nSPS) is 23.3. The quantitative estimate of drug-likeness (QED) is 0.705. The van der Waals surface area contributed by atoms with Gasteiger partial charge in [0.2, 0.25) is 5.91 Å². The van der Waals surface area contributed by atoms with E-state index in [1.165, 1.54) is 6.07 Å². The Hall–Kier alpha value is -2.64. The number of morpholine rings is 1. The second-order valence-corrected chi connectivity index (χ2v) is 9.35. The SMILES string of the molecule is CC1CN(c2ccc(NC(=O)C3CCCN(C(=O)c4ccc(Cl)cc4)C3)cc2F)CC(C)O1. The van der Waals surface area contributed by atoms with Crippen LogP contribution < -0.4 is 10.2 Å². The molecule has 176 valence electrons. The number of nitrogens with one attached hydrogen (secondary N) is 1. The number of nitrogens with zero attached hydrogens (tertiary/aromatic N) is 2. The molecule has 4 rings (SSSR count). The van der Waals surface area contributed by atoms with Crippen LogP contribution in [0.5, 0.6) is 0 Å². The second-order valence-electron chi connectivity index (χ2n) is 8.91. The Morgan fingerprint density at radius 3 is 2.42 bits per heavy atom. The van der Waals surface area contributed by atoms with Crippen LogP contribution in [0.1, 0.15) is 37.0 Å². The number of ether oxygens (including phenoxy) is 1. The lowest BCUT2D eigenvalue weighted by molar-refractivity contribution is -0.121. The second kappa shape index (κ2) is 10.1. The molecule has 33 heavy (non-hydrogen) atoms. The van der Waals surface area contributed by atoms with Crippen molar-refractivity contribution in [3.05, 3.63) is 58.9 Å². The molecule has 8 heteroatoms. The summed E-state index contributed by atoms with van der Waals surface area (Å²) in [6.07, 6.45) is 1.47. The number of carbonyl (C=O) groups is 2. The van der Waals surface area contributed by atoms with Gasteiger partial charge in [-0.25, -0.2) is 4.39 Å². The fourth-order valence-electron chi connectivity index (χ4n) is 4.61. The Balaban J connectivity index is 1.39. The molecule has 2 saturated heterocycles. The lowest BCUT2D eigenvalue weighted by Crippen LogP contribution is -2.45. The number of anilines is 2. The van der Waals surface area contributed by atoms with Gasteiger partial charge in [-0.3, -0.25) is 9.59 Å². The number of rotatable bonds is 4. The van der Waals surface area contributed by atoms with Crippen molar-refractivity contribution in [2.24, 2.45) is 5.92 Å². The highest BCUT2D eigenvalue weighted by Crippen LogP contribution is 2.27. The van der Waals surface area contributed by atoms with E-state index in [4.69, 9.17) is 16.3 Å². The third-order valence-corrected chi connectivity index (χ3v) is 6.40. The molecule has 0 aromatic heterocycles. The number of halogens is 2. The summed E-state index contributed by atoms with van der Waals surface area (Å²) in [5.74, 6) is -1.05. The van der Waals surface area contributed by atoms with Crippen LogP contribution in [0.4, 0.5) is 15.8 Å². The first kappa shape index (κ1) is 23.5. The first-order valence-corrected chi connectivity index (χ1v) is 11.7. The van der Waals surface area contributed by atoms with Gasteiger partial charge in [0.25, 0.3) is 5.91 Å². The number of hydrogen-bond acceptors (Lipinski definition) is 4. The van der Waals surface area contributed by atoms with Crippen LogP contribution in [0, 0.1) is 11.7 Å². The van der Waals surface area contributed by atoms with Crippen LogP contribution in [0.25, 0.3) is 0 Å². The maximum atomic E-state index is 14.9. The van der Waals surface area contributed by atoms with E-state index >= 15 is 0 Å². The smallest absolute Gasteiger partial charge is 0.253 e. The fraction of sp³-hybridized carbons (Fsp3) is 0.440. The molecule has 0 radical (unpaired) electrons. The van der Waals surface area contributed by atoms with E-state index in [0.29, 0.717) is 54.6 Å². The van der Waals surface area contributed by atoms with Gasteiger partial charge in [0, 0.05) is 42.5 Å². The van der Waals surface area contributed by atoms with Crippen molar-refractivity contribution in [2.75, 3.05) is 36.4 Å². The van der Waals surface area contributed by atoms with Gasteiger partial charge < -0.3 is 19.9 Å². The van der Waals surface area contributed by atoms with Crippen molar-refractivity contribution >= 4 is 34.8 Å². The molecule has 0 saturated carbocycles. The maximum Gasteiger partial charge on any atom is 0.253 e. The van der Waals surface area contributed by atoms with Gasteiger partial charge in [-0.05, 0) is 69.2 Å². The average Bonchev–Trinajstić information content (AvgIpc) is 2.78. The van der Waals surface area contributed by atoms with Crippen LogP contribution >= 0.6 is 11.6 Å². The van der Waals surface area contributed by atoms with E-state index < -0.39 is 0 Å². The molecule has 2 aromatic carbocycles. The highest BCUT2D eigenvalue weighted by Gasteiger charge is 2.29. The van der Waals surface area contributed by atoms with Crippen LogP contribution in [-0.4, -0.2) is 55.1 Å². The Morgan fingerprint density at radius 1 is 1.06 bits per heavy atom. The molecule has 6 nitrogen and oxygen atoms in total. The number of benzene rings is 2. The van der Waals surface area contributed by atoms with Crippen molar-refractivity contribution < 1.29 is 18.7 Å². The molecule has 2 aliphatic heterocycles. The molecule has 2 aliphatic rings. The topological polar surface area (TPSA) is 61.9 Å². The van der Waals surface area contributed by atoms with E-state index in [9.17, 15) is 14.0 Å². The molecule has 3 atom stereocenters. The van der Waals surface area contributed by atoms with Gasteiger partial charge in [0.05, 0.1) is 23.8 Å². The molecular weight excluding hydrogens is 445 g/mol. The first-order chi connectivity index (χ1) is 15.8. The standard InChI is InChI=1S/C25H29ClFN3O3/c1-16-13-30(14-17(2)33-16)23-10-9-21(12-22(23)27)28-24(31)19-4-3-11-29(15-19)25(32)18-5-7-20(26)8-6-18/h5-10,12,16-17,19H,3-4,11,13-15H2,1-2H3,(H,28,31). The number of likely N-dealkylation sites (tertiary alicyclic amines) is 1. The lowest BCUT2D eigenvalue weighted by atomic mass is 9.96. The van der Waals surface area contributed by atoms with Crippen LogP contribution in [0.2, 0.25) is 5.02 Å². The minimum atomic E-state index is -0.378. The summed E-state index contributed by atoms with van der Waals surface area (Å²) >= 11 is 5.91. The van der Waals surface area contributed by atoms with Crippen LogP contribution in [0.15, 0.2) is 42.5 Å². The predicted molar refractivity (Wildman–Crippen MR) is 127 cm³/mol. The van der Waals surface area contributed by atoms with E-state index in [-0.39, 0.29) is 35.8 Å². The monoisotopic (exact) mass is 473 g/mol. The van der Waals surface area contributed by atoms with Crippen molar-refractivity contribution in [1.82, 2.24) is 4.90 Å².